The number of primary amides is 1. The van der Waals surface area contributed by atoms with E-state index in [1.54, 1.807) is 16.3 Å². The molecule has 0 aliphatic rings. The number of rotatable bonds is 10. The second-order valence-corrected chi connectivity index (χ2v) is 8.94. The number of unbranched alkanes of at least 4 members (excludes halogenated alkanes) is 2. The quantitative estimate of drug-likeness (QED) is 0.196. The van der Waals surface area contributed by atoms with Crippen molar-refractivity contribution < 1.29 is 4.79 Å². The van der Waals surface area contributed by atoms with Crippen LogP contribution in [0.25, 0.3) is 22.0 Å². The van der Waals surface area contributed by atoms with Gasteiger partial charge in [0.25, 0.3) is 5.56 Å². The molecule has 33 heavy (non-hydrogen) atoms. The minimum atomic E-state index is -0.283. The van der Waals surface area contributed by atoms with Gasteiger partial charge in [-0.2, -0.15) is 0 Å². The third-order valence-electron chi connectivity index (χ3n) is 5.56. The van der Waals surface area contributed by atoms with Gasteiger partial charge in [0.15, 0.2) is 5.16 Å². The number of amides is 1. The Labute approximate surface area is 197 Å². The van der Waals surface area contributed by atoms with Gasteiger partial charge < -0.3 is 5.73 Å². The Bertz CT molecular complexity index is 1280. The van der Waals surface area contributed by atoms with Crippen molar-refractivity contribution in [2.75, 3.05) is 0 Å². The molecule has 6 heteroatoms. The standard InChI is InChI=1S/C27H27N3O2S/c28-25(31)13-5-2-8-18-30-26(32)23-11-6-7-12-24(23)29-27(30)33-19-20-14-16-22(17-15-20)21-9-3-1-4-10-21/h1,3-4,6-7,9-12,14-17H,2,5,8,13,18-19H2,(H2,28,31). The number of nitrogens with two attached hydrogens (primary N) is 1. The Morgan fingerprint density at radius 2 is 1.55 bits per heavy atom. The van der Waals surface area contributed by atoms with Gasteiger partial charge in [-0.25, -0.2) is 4.98 Å². The van der Waals surface area contributed by atoms with E-state index in [2.05, 4.69) is 36.4 Å². The molecule has 0 radical (unpaired) electrons. The molecule has 2 N–H and O–H groups in total. The Kier molecular flexibility index (Phi) is 7.58. The molecule has 1 aromatic heterocycles. The first-order valence-corrected chi connectivity index (χ1v) is 12.2. The summed E-state index contributed by atoms with van der Waals surface area (Å²) in [5, 5.41) is 1.35. The van der Waals surface area contributed by atoms with Crippen LogP contribution in [0.2, 0.25) is 0 Å². The van der Waals surface area contributed by atoms with E-state index in [0.717, 1.165) is 35.7 Å². The molecule has 0 bridgehead atoms. The topological polar surface area (TPSA) is 78.0 Å². The summed E-state index contributed by atoms with van der Waals surface area (Å²) in [6.45, 7) is 0.574. The summed E-state index contributed by atoms with van der Waals surface area (Å²) in [6, 6.07) is 26.3. The van der Waals surface area contributed by atoms with Crippen molar-refractivity contribution in [3.8, 4) is 11.1 Å². The van der Waals surface area contributed by atoms with Crippen LogP contribution in [0.3, 0.4) is 0 Å². The van der Waals surface area contributed by atoms with Gasteiger partial charge in [-0.1, -0.05) is 84.9 Å². The summed E-state index contributed by atoms with van der Waals surface area (Å²) in [4.78, 5) is 28.9. The summed E-state index contributed by atoms with van der Waals surface area (Å²) in [7, 11) is 0. The Morgan fingerprint density at radius 3 is 2.30 bits per heavy atom. The predicted molar refractivity (Wildman–Crippen MR) is 135 cm³/mol. The molecule has 1 heterocycles. The molecule has 4 aromatic rings. The van der Waals surface area contributed by atoms with Crippen molar-refractivity contribution in [2.45, 2.75) is 43.1 Å². The maximum atomic E-state index is 13.2. The van der Waals surface area contributed by atoms with E-state index in [1.165, 1.54) is 16.7 Å². The first kappa shape index (κ1) is 22.8. The fraction of sp³-hybridized carbons (Fsp3) is 0.222. The number of para-hydroxylation sites is 1. The first-order valence-electron chi connectivity index (χ1n) is 11.2. The number of aromatic nitrogens is 2. The Hall–Kier alpha value is -3.38. The van der Waals surface area contributed by atoms with E-state index in [-0.39, 0.29) is 11.5 Å². The highest BCUT2D eigenvalue weighted by Crippen LogP contribution is 2.25. The smallest absolute Gasteiger partial charge is 0.262 e. The van der Waals surface area contributed by atoms with E-state index in [0.29, 0.717) is 18.4 Å². The van der Waals surface area contributed by atoms with E-state index in [4.69, 9.17) is 10.7 Å². The van der Waals surface area contributed by atoms with Crippen LogP contribution >= 0.6 is 11.8 Å². The molecule has 0 atom stereocenters. The number of hydrogen-bond donors (Lipinski definition) is 1. The minimum Gasteiger partial charge on any atom is -0.370 e. The maximum absolute atomic E-state index is 13.2. The number of thioether (sulfide) groups is 1. The molecule has 3 aromatic carbocycles. The van der Waals surface area contributed by atoms with Crippen LogP contribution in [0, 0.1) is 0 Å². The van der Waals surface area contributed by atoms with Gasteiger partial charge in [-0.3, -0.25) is 14.2 Å². The van der Waals surface area contributed by atoms with Crippen molar-refractivity contribution >= 4 is 28.6 Å². The molecule has 5 nitrogen and oxygen atoms in total. The number of carbonyl (C=O) groups is 1. The SMILES string of the molecule is NC(=O)CCCCCn1c(SCc2ccc(-c3ccccc3)cc2)nc2ccccc2c1=O. The summed E-state index contributed by atoms with van der Waals surface area (Å²) in [6.07, 6.45) is 2.76. The highest BCUT2D eigenvalue weighted by molar-refractivity contribution is 7.98. The van der Waals surface area contributed by atoms with Crippen LogP contribution in [0.15, 0.2) is 88.8 Å². The third kappa shape index (κ3) is 5.90. The van der Waals surface area contributed by atoms with E-state index in [1.807, 2.05) is 42.5 Å². The summed E-state index contributed by atoms with van der Waals surface area (Å²) in [5.74, 6) is 0.440. The first-order chi connectivity index (χ1) is 16.1. The Morgan fingerprint density at radius 1 is 0.848 bits per heavy atom. The van der Waals surface area contributed by atoms with Crippen molar-refractivity contribution in [3.05, 3.63) is 94.8 Å². The zero-order chi connectivity index (χ0) is 23.0. The van der Waals surface area contributed by atoms with Gasteiger partial charge in [0.2, 0.25) is 5.91 Å². The normalized spacial score (nSPS) is 11.0. The minimum absolute atomic E-state index is 0.0163. The molecule has 0 saturated heterocycles. The van der Waals surface area contributed by atoms with Crippen molar-refractivity contribution in [2.24, 2.45) is 5.73 Å². The molecule has 0 fully saturated rings. The third-order valence-corrected chi connectivity index (χ3v) is 6.61. The summed E-state index contributed by atoms with van der Waals surface area (Å²) < 4.78 is 1.77. The summed E-state index contributed by atoms with van der Waals surface area (Å²) in [5.41, 5.74) is 9.48. The molecule has 1 amide bonds. The number of fused-ring (bicyclic) bond motifs is 1. The maximum Gasteiger partial charge on any atom is 0.262 e. The number of hydrogen-bond acceptors (Lipinski definition) is 4. The van der Waals surface area contributed by atoms with E-state index >= 15 is 0 Å². The van der Waals surface area contributed by atoms with Gasteiger partial charge in [-0.05, 0) is 41.7 Å². The fourth-order valence-electron chi connectivity index (χ4n) is 3.77. The highest BCUT2D eigenvalue weighted by Gasteiger charge is 2.12. The van der Waals surface area contributed by atoms with Crippen molar-refractivity contribution in [1.82, 2.24) is 9.55 Å². The molecule has 168 valence electrons. The highest BCUT2D eigenvalue weighted by atomic mass is 32.2. The lowest BCUT2D eigenvalue weighted by Gasteiger charge is -2.13. The second-order valence-electron chi connectivity index (χ2n) is 8.00. The zero-order valence-corrected chi connectivity index (χ0v) is 19.3. The number of benzene rings is 3. The van der Waals surface area contributed by atoms with Crippen molar-refractivity contribution in [3.63, 3.8) is 0 Å². The second kappa shape index (κ2) is 11.0. The van der Waals surface area contributed by atoms with E-state index in [9.17, 15) is 9.59 Å². The number of nitrogens with zero attached hydrogens (tertiary/aromatic N) is 2. The van der Waals surface area contributed by atoms with E-state index < -0.39 is 0 Å². The monoisotopic (exact) mass is 457 g/mol. The lowest BCUT2D eigenvalue weighted by atomic mass is 10.0. The van der Waals surface area contributed by atoms with Gasteiger partial charge in [0, 0.05) is 18.7 Å². The molecule has 0 unspecified atom stereocenters. The lowest BCUT2D eigenvalue weighted by molar-refractivity contribution is -0.118. The van der Waals surface area contributed by atoms with Crippen LogP contribution in [0.4, 0.5) is 0 Å². The molecule has 0 aliphatic carbocycles. The van der Waals surface area contributed by atoms with Crippen LogP contribution in [-0.4, -0.2) is 15.5 Å². The predicted octanol–water partition coefficient (Wildman–Crippen LogP) is 5.40. The molecule has 0 aliphatic heterocycles. The molecule has 4 rings (SSSR count). The largest absolute Gasteiger partial charge is 0.370 e. The van der Waals surface area contributed by atoms with Crippen LogP contribution < -0.4 is 11.3 Å². The summed E-state index contributed by atoms with van der Waals surface area (Å²) >= 11 is 1.58. The lowest BCUT2D eigenvalue weighted by Crippen LogP contribution is -2.23. The van der Waals surface area contributed by atoms with Crippen molar-refractivity contribution in [1.29, 1.82) is 0 Å². The average Bonchev–Trinajstić information content (AvgIpc) is 2.84. The molecular weight excluding hydrogens is 430 g/mol. The van der Waals surface area contributed by atoms with Gasteiger partial charge >= 0.3 is 0 Å². The average molecular weight is 458 g/mol. The van der Waals surface area contributed by atoms with Crippen LogP contribution in [0.5, 0.6) is 0 Å². The van der Waals surface area contributed by atoms with Crippen LogP contribution in [0.1, 0.15) is 31.2 Å². The Balaban J connectivity index is 1.51. The van der Waals surface area contributed by atoms with Gasteiger partial charge in [0.1, 0.15) is 0 Å². The molecule has 0 spiro atoms. The van der Waals surface area contributed by atoms with Gasteiger partial charge in [0.05, 0.1) is 10.9 Å². The number of carbonyl (C=O) groups excluding carboxylic acids is 1. The van der Waals surface area contributed by atoms with Crippen LogP contribution in [-0.2, 0) is 17.1 Å². The van der Waals surface area contributed by atoms with Gasteiger partial charge in [-0.15, -0.1) is 0 Å². The molecule has 0 saturated carbocycles. The molecular formula is C27H27N3O2S. The fourth-order valence-corrected chi connectivity index (χ4v) is 4.75. The zero-order valence-electron chi connectivity index (χ0n) is 18.4.